The smallest absolute Gasteiger partial charge is 0.312 e. The molecule has 0 bridgehead atoms. The SMILES string of the molecule is Cl.O=C(CCOc1ccc(Cl)cc1[N+](=O)[O-])Nc1ccc2c(c1F)CCNC2. The summed E-state index contributed by atoms with van der Waals surface area (Å²) in [6, 6.07) is 7.32. The molecule has 0 unspecified atom stereocenters. The van der Waals surface area contributed by atoms with Gasteiger partial charge in [0.2, 0.25) is 5.91 Å². The molecule has 10 heteroatoms. The van der Waals surface area contributed by atoms with Gasteiger partial charge in [-0.2, -0.15) is 0 Å². The second-order valence-electron chi connectivity index (χ2n) is 6.01. The number of nitro groups is 1. The fourth-order valence-electron chi connectivity index (χ4n) is 2.85. The van der Waals surface area contributed by atoms with Crippen LogP contribution in [-0.4, -0.2) is 24.0 Å². The standard InChI is InChI=1S/C18H17ClFN3O4.ClH/c19-12-2-4-16(15(9-12)23(25)26)27-8-6-17(24)22-14-3-1-11-10-21-7-5-13(11)18(14)20;/h1-4,9,21H,5-8,10H2,(H,22,24);1H. The molecule has 1 amide bonds. The Bertz CT molecular complexity index is 895. The minimum atomic E-state index is -0.612. The van der Waals surface area contributed by atoms with E-state index in [0.717, 1.165) is 5.56 Å². The monoisotopic (exact) mass is 429 g/mol. The molecule has 0 aliphatic carbocycles. The predicted octanol–water partition coefficient (Wildman–Crippen LogP) is 3.86. The first-order chi connectivity index (χ1) is 13.0. The van der Waals surface area contributed by atoms with Gasteiger partial charge in [0, 0.05) is 17.6 Å². The molecule has 1 aliphatic rings. The van der Waals surface area contributed by atoms with Crippen LogP contribution >= 0.6 is 24.0 Å². The lowest BCUT2D eigenvalue weighted by molar-refractivity contribution is -0.385. The first kappa shape index (κ1) is 21.9. The van der Waals surface area contributed by atoms with Crippen LogP contribution in [0.5, 0.6) is 5.75 Å². The van der Waals surface area contributed by atoms with Crippen molar-refractivity contribution in [3.8, 4) is 5.75 Å². The van der Waals surface area contributed by atoms with Gasteiger partial charge >= 0.3 is 5.69 Å². The summed E-state index contributed by atoms with van der Waals surface area (Å²) in [6.07, 6.45) is 0.478. The van der Waals surface area contributed by atoms with Crippen LogP contribution in [0.2, 0.25) is 5.02 Å². The molecular weight excluding hydrogens is 412 g/mol. The molecule has 150 valence electrons. The Morgan fingerprint density at radius 1 is 1.36 bits per heavy atom. The molecule has 0 fully saturated rings. The number of ether oxygens (including phenoxy) is 1. The van der Waals surface area contributed by atoms with Crippen molar-refractivity contribution in [3.63, 3.8) is 0 Å². The van der Waals surface area contributed by atoms with Crippen molar-refractivity contribution < 1.29 is 18.8 Å². The van der Waals surface area contributed by atoms with Gasteiger partial charge in [-0.25, -0.2) is 4.39 Å². The zero-order chi connectivity index (χ0) is 19.4. The Labute approximate surface area is 171 Å². The molecule has 0 aromatic heterocycles. The zero-order valence-electron chi connectivity index (χ0n) is 14.7. The van der Waals surface area contributed by atoms with E-state index >= 15 is 0 Å². The third-order valence-corrected chi connectivity index (χ3v) is 4.42. The van der Waals surface area contributed by atoms with Gasteiger partial charge in [0.1, 0.15) is 5.82 Å². The van der Waals surface area contributed by atoms with E-state index in [2.05, 4.69) is 10.6 Å². The van der Waals surface area contributed by atoms with Crippen molar-refractivity contribution in [2.75, 3.05) is 18.5 Å². The molecule has 1 heterocycles. The lowest BCUT2D eigenvalue weighted by atomic mass is 9.99. The number of benzene rings is 2. The third-order valence-electron chi connectivity index (χ3n) is 4.19. The van der Waals surface area contributed by atoms with E-state index in [-0.39, 0.29) is 47.6 Å². The number of nitro benzene ring substituents is 1. The van der Waals surface area contributed by atoms with E-state index in [9.17, 15) is 19.3 Å². The first-order valence-corrected chi connectivity index (χ1v) is 8.71. The van der Waals surface area contributed by atoms with Gasteiger partial charge < -0.3 is 15.4 Å². The summed E-state index contributed by atoms with van der Waals surface area (Å²) in [6.45, 7) is 1.20. The highest BCUT2D eigenvalue weighted by atomic mass is 35.5. The number of rotatable bonds is 6. The number of nitrogens with one attached hydrogen (secondary N) is 2. The predicted molar refractivity (Wildman–Crippen MR) is 106 cm³/mol. The number of anilines is 1. The van der Waals surface area contributed by atoms with Gasteiger partial charge in [-0.05, 0) is 42.3 Å². The van der Waals surface area contributed by atoms with E-state index in [1.165, 1.54) is 24.3 Å². The number of nitrogens with zero attached hydrogens (tertiary/aromatic N) is 1. The quantitative estimate of drug-likeness (QED) is 0.536. The Morgan fingerprint density at radius 3 is 2.89 bits per heavy atom. The molecule has 28 heavy (non-hydrogen) atoms. The van der Waals surface area contributed by atoms with Crippen molar-refractivity contribution in [3.05, 3.63) is 62.4 Å². The summed E-state index contributed by atoms with van der Waals surface area (Å²) in [5.74, 6) is -0.847. The van der Waals surface area contributed by atoms with Crippen LogP contribution in [0.25, 0.3) is 0 Å². The summed E-state index contributed by atoms with van der Waals surface area (Å²) in [5, 5.41) is 16.9. The van der Waals surface area contributed by atoms with Crippen LogP contribution in [0, 0.1) is 15.9 Å². The average molecular weight is 430 g/mol. The lowest BCUT2D eigenvalue weighted by Crippen LogP contribution is -2.25. The van der Waals surface area contributed by atoms with Gasteiger partial charge in [-0.1, -0.05) is 17.7 Å². The number of fused-ring (bicyclic) bond motifs is 1. The number of hydrogen-bond acceptors (Lipinski definition) is 5. The molecule has 0 atom stereocenters. The summed E-state index contributed by atoms with van der Waals surface area (Å²) in [7, 11) is 0. The molecule has 2 N–H and O–H groups in total. The van der Waals surface area contributed by atoms with Crippen LogP contribution < -0.4 is 15.4 Å². The average Bonchev–Trinajstić information content (AvgIpc) is 2.65. The molecule has 0 spiro atoms. The minimum absolute atomic E-state index is 0. The van der Waals surface area contributed by atoms with Gasteiger partial charge in [0.05, 0.1) is 23.6 Å². The summed E-state index contributed by atoms with van der Waals surface area (Å²) < 4.78 is 19.8. The van der Waals surface area contributed by atoms with E-state index < -0.39 is 16.6 Å². The largest absolute Gasteiger partial charge is 0.486 e. The number of carbonyl (C=O) groups is 1. The van der Waals surface area contributed by atoms with Crippen LogP contribution in [0.1, 0.15) is 17.5 Å². The molecule has 0 saturated carbocycles. The highest BCUT2D eigenvalue weighted by Crippen LogP contribution is 2.30. The highest BCUT2D eigenvalue weighted by molar-refractivity contribution is 6.30. The van der Waals surface area contributed by atoms with Crippen LogP contribution in [0.15, 0.2) is 30.3 Å². The minimum Gasteiger partial charge on any atom is -0.486 e. The first-order valence-electron chi connectivity index (χ1n) is 8.33. The number of carbonyl (C=O) groups excluding carboxylic acids is 1. The Kier molecular flexibility index (Phi) is 7.56. The Morgan fingerprint density at radius 2 is 2.14 bits per heavy atom. The summed E-state index contributed by atoms with van der Waals surface area (Å²) >= 11 is 5.74. The molecule has 3 rings (SSSR count). The van der Waals surface area contributed by atoms with Crippen molar-refractivity contribution in [2.24, 2.45) is 0 Å². The summed E-state index contributed by atoms with van der Waals surface area (Å²) in [5.41, 5.74) is 1.34. The van der Waals surface area contributed by atoms with E-state index in [1.807, 2.05) is 0 Å². The van der Waals surface area contributed by atoms with Gasteiger partial charge in [-0.3, -0.25) is 14.9 Å². The third kappa shape index (κ3) is 5.09. The molecule has 0 radical (unpaired) electrons. The molecule has 2 aromatic rings. The normalized spacial score (nSPS) is 12.5. The van der Waals surface area contributed by atoms with Crippen LogP contribution in [-0.2, 0) is 17.8 Å². The van der Waals surface area contributed by atoms with Crippen LogP contribution in [0.4, 0.5) is 15.8 Å². The molecule has 7 nitrogen and oxygen atoms in total. The second kappa shape index (κ2) is 9.68. The molecule has 2 aromatic carbocycles. The topological polar surface area (TPSA) is 93.5 Å². The molecular formula is C18H18Cl2FN3O4. The lowest BCUT2D eigenvalue weighted by Gasteiger charge is -2.19. The maximum atomic E-state index is 14.5. The molecule has 0 saturated heterocycles. The fraction of sp³-hybridized carbons (Fsp3) is 0.278. The Hall–Kier alpha value is -2.42. The Balaban J connectivity index is 0.00000280. The van der Waals surface area contributed by atoms with Crippen molar-refractivity contribution in [1.29, 1.82) is 0 Å². The van der Waals surface area contributed by atoms with Crippen molar-refractivity contribution >= 4 is 41.3 Å². The fourth-order valence-corrected chi connectivity index (χ4v) is 3.02. The second-order valence-corrected chi connectivity index (χ2v) is 6.44. The number of hydrogen-bond donors (Lipinski definition) is 2. The number of halogens is 3. The van der Waals surface area contributed by atoms with Crippen molar-refractivity contribution in [2.45, 2.75) is 19.4 Å². The maximum absolute atomic E-state index is 14.5. The van der Waals surface area contributed by atoms with Gasteiger partial charge in [-0.15, -0.1) is 12.4 Å². The van der Waals surface area contributed by atoms with E-state index in [1.54, 1.807) is 6.07 Å². The zero-order valence-corrected chi connectivity index (χ0v) is 16.2. The van der Waals surface area contributed by atoms with Gasteiger partial charge in [0.15, 0.2) is 5.75 Å². The van der Waals surface area contributed by atoms with E-state index in [4.69, 9.17) is 16.3 Å². The summed E-state index contributed by atoms with van der Waals surface area (Å²) in [4.78, 5) is 22.5. The van der Waals surface area contributed by atoms with Crippen molar-refractivity contribution in [1.82, 2.24) is 5.32 Å². The van der Waals surface area contributed by atoms with E-state index in [0.29, 0.717) is 25.1 Å². The number of amides is 1. The highest BCUT2D eigenvalue weighted by Gasteiger charge is 2.18. The maximum Gasteiger partial charge on any atom is 0.312 e. The molecule has 1 aliphatic heterocycles. The van der Waals surface area contributed by atoms with Crippen LogP contribution in [0.3, 0.4) is 0 Å². The van der Waals surface area contributed by atoms with Gasteiger partial charge in [0.25, 0.3) is 0 Å².